The fraction of sp³-hybridized carbons (Fsp3) is 0.400. The molecule has 16 heavy (non-hydrogen) atoms. The first kappa shape index (κ1) is 13.2. The lowest BCUT2D eigenvalue weighted by Gasteiger charge is -1.97. The molecule has 0 aliphatic carbocycles. The van der Waals surface area contributed by atoms with Gasteiger partial charge in [0, 0.05) is 5.75 Å². The van der Waals surface area contributed by atoms with E-state index in [0.29, 0.717) is 9.96 Å². The zero-order chi connectivity index (χ0) is 12.1. The van der Waals surface area contributed by atoms with E-state index in [-0.39, 0.29) is 15.5 Å². The standard InChI is InChI=1S/C10H9ClN2OS2/c1-2-3-4-16(14)10-7(5-12)9(11)8(6-13)15-10/h2-4H2,1H3. The summed E-state index contributed by atoms with van der Waals surface area (Å²) in [5, 5.41) is 17.8. The summed E-state index contributed by atoms with van der Waals surface area (Å²) in [5.74, 6) is 0.507. The van der Waals surface area contributed by atoms with Crippen LogP contribution in [-0.4, -0.2) is 9.96 Å². The van der Waals surface area contributed by atoms with Gasteiger partial charge in [-0.2, -0.15) is 10.5 Å². The molecule has 1 heterocycles. The van der Waals surface area contributed by atoms with Crippen LogP contribution in [0.4, 0.5) is 0 Å². The van der Waals surface area contributed by atoms with E-state index in [1.807, 2.05) is 19.1 Å². The molecule has 0 saturated carbocycles. The number of halogens is 1. The zero-order valence-electron chi connectivity index (χ0n) is 8.62. The smallest absolute Gasteiger partial charge is 0.126 e. The van der Waals surface area contributed by atoms with E-state index < -0.39 is 10.8 Å². The molecule has 0 amide bonds. The summed E-state index contributed by atoms with van der Waals surface area (Å²) in [5.41, 5.74) is 0.192. The summed E-state index contributed by atoms with van der Waals surface area (Å²) in [6.45, 7) is 2.00. The van der Waals surface area contributed by atoms with Crippen LogP contribution in [0.1, 0.15) is 30.2 Å². The molecule has 0 radical (unpaired) electrons. The summed E-state index contributed by atoms with van der Waals surface area (Å²) in [6, 6.07) is 3.81. The Hall–Kier alpha value is -0.880. The van der Waals surface area contributed by atoms with Crippen LogP contribution in [0, 0.1) is 22.7 Å². The van der Waals surface area contributed by atoms with Crippen molar-refractivity contribution in [2.45, 2.75) is 24.0 Å². The van der Waals surface area contributed by atoms with E-state index in [1.54, 1.807) is 0 Å². The molecule has 1 atom stereocenters. The third-order valence-corrected chi connectivity index (χ3v) is 5.39. The van der Waals surface area contributed by atoms with Crippen molar-refractivity contribution in [2.75, 3.05) is 5.75 Å². The third-order valence-electron chi connectivity index (χ3n) is 1.92. The van der Waals surface area contributed by atoms with Gasteiger partial charge >= 0.3 is 0 Å². The minimum absolute atomic E-state index is 0.134. The molecule has 0 aromatic carbocycles. The Labute approximate surface area is 106 Å². The second kappa shape index (κ2) is 6.00. The monoisotopic (exact) mass is 272 g/mol. The maximum Gasteiger partial charge on any atom is 0.126 e. The second-order valence-corrected chi connectivity index (χ2v) is 6.20. The van der Waals surface area contributed by atoms with Crippen LogP contribution in [0.5, 0.6) is 0 Å². The molecule has 0 fully saturated rings. The molecule has 0 N–H and O–H groups in total. The number of thiophene rings is 1. The highest BCUT2D eigenvalue weighted by atomic mass is 35.5. The van der Waals surface area contributed by atoms with Crippen molar-refractivity contribution in [3.63, 3.8) is 0 Å². The molecule has 1 aromatic rings. The lowest BCUT2D eigenvalue weighted by atomic mass is 10.3. The maximum atomic E-state index is 11.9. The molecule has 0 aliphatic rings. The number of hydrogen-bond donors (Lipinski definition) is 0. The molecule has 1 rings (SSSR count). The van der Waals surface area contributed by atoms with Gasteiger partial charge in [-0.3, -0.25) is 4.21 Å². The second-order valence-electron chi connectivity index (χ2n) is 3.03. The first-order valence-electron chi connectivity index (χ1n) is 4.66. The number of nitrogens with zero attached hydrogens (tertiary/aromatic N) is 2. The van der Waals surface area contributed by atoms with Gasteiger partial charge in [-0.25, -0.2) is 0 Å². The van der Waals surface area contributed by atoms with Gasteiger partial charge in [0.25, 0.3) is 0 Å². The van der Waals surface area contributed by atoms with E-state index in [4.69, 9.17) is 22.1 Å². The van der Waals surface area contributed by atoms with Crippen molar-refractivity contribution < 1.29 is 4.21 Å². The fourth-order valence-electron chi connectivity index (χ4n) is 1.09. The maximum absolute atomic E-state index is 11.9. The van der Waals surface area contributed by atoms with Crippen LogP contribution in [0.2, 0.25) is 5.02 Å². The van der Waals surface area contributed by atoms with Crippen molar-refractivity contribution in [2.24, 2.45) is 0 Å². The van der Waals surface area contributed by atoms with E-state index in [9.17, 15) is 4.21 Å². The SMILES string of the molecule is CCCCS(=O)c1sc(C#N)c(Cl)c1C#N. The molecule has 84 valence electrons. The van der Waals surface area contributed by atoms with Crippen molar-refractivity contribution in [3.05, 3.63) is 15.5 Å². The van der Waals surface area contributed by atoms with E-state index in [0.717, 1.165) is 24.2 Å². The van der Waals surface area contributed by atoms with Gasteiger partial charge in [0.05, 0.1) is 21.4 Å². The average Bonchev–Trinajstić information content (AvgIpc) is 2.62. The lowest BCUT2D eigenvalue weighted by molar-refractivity contribution is 0.681. The quantitative estimate of drug-likeness (QED) is 0.846. The van der Waals surface area contributed by atoms with Gasteiger partial charge in [-0.15, -0.1) is 11.3 Å². The lowest BCUT2D eigenvalue weighted by Crippen LogP contribution is -1.97. The van der Waals surface area contributed by atoms with Crippen molar-refractivity contribution in [1.82, 2.24) is 0 Å². The summed E-state index contributed by atoms with van der Waals surface area (Å²) in [4.78, 5) is 0.262. The van der Waals surface area contributed by atoms with Gasteiger partial charge in [0.2, 0.25) is 0 Å². The molecule has 0 aliphatic heterocycles. The molecular weight excluding hydrogens is 264 g/mol. The molecule has 0 spiro atoms. The summed E-state index contributed by atoms with van der Waals surface area (Å²) in [6.07, 6.45) is 1.77. The number of hydrogen-bond acceptors (Lipinski definition) is 4. The van der Waals surface area contributed by atoms with Crippen LogP contribution in [0.15, 0.2) is 4.21 Å². The van der Waals surface area contributed by atoms with Crippen LogP contribution in [0.25, 0.3) is 0 Å². The summed E-state index contributed by atoms with van der Waals surface area (Å²) in [7, 11) is -1.23. The van der Waals surface area contributed by atoms with Gasteiger partial charge in [-0.05, 0) is 6.42 Å². The van der Waals surface area contributed by atoms with Crippen molar-refractivity contribution in [1.29, 1.82) is 10.5 Å². The van der Waals surface area contributed by atoms with E-state index in [1.165, 1.54) is 0 Å². The van der Waals surface area contributed by atoms with Crippen molar-refractivity contribution in [3.8, 4) is 12.1 Å². The Morgan fingerprint density at radius 1 is 1.44 bits per heavy atom. The highest BCUT2D eigenvalue weighted by Crippen LogP contribution is 2.34. The number of nitriles is 2. The number of rotatable bonds is 4. The molecule has 0 bridgehead atoms. The largest absolute Gasteiger partial charge is 0.253 e. The Kier molecular flexibility index (Phi) is 4.95. The Bertz CT molecular complexity index is 496. The molecule has 3 nitrogen and oxygen atoms in total. The summed E-state index contributed by atoms with van der Waals surface area (Å²) >= 11 is 6.89. The minimum Gasteiger partial charge on any atom is -0.253 e. The van der Waals surface area contributed by atoms with Gasteiger partial charge < -0.3 is 0 Å². The summed E-state index contributed by atoms with van der Waals surface area (Å²) < 4.78 is 12.3. The van der Waals surface area contributed by atoms with Gasteiger partial charge in [0.15, 0.2) is 0 Å². The van der Waals surface area contributed by atoms with Crippen LogP contribution in [-0.2, 0) is 10.8 Å². The molecular formula is C10H9ClN2OS2. The third kappa shape index (κ3) is 2.62. The highest BCUT2D eigenvalue weighted by Gasteiger charge is 2.20. The minimum atomic E-state index is -1.23. The molecule has 6 heteroatoms. The predicted octanol–water partition coefficient (Wildman–Crippen LogP) is 3.05. The van der Waals surface area contributed by atoms with Gasteiger partial charge in [-0.1, -0.05) is 24.9 Å². The zero-order valence-corrected chi connectivity index (χ0v) is 11.0. The Balaban J connectivity index is 3.11. The Morgan fingerprint density at radius 3 is 2.62 bits per heavy atom. The average molecular weight is 273 g/mol. The molecule has 0 saturated heterocycles. The normalized spacial score (nSPS) is 11.8. The molecule has 1 aromatic heterocycles. The number of unbranched alkanes of at least 4 members (excludes halogenated alkanes) is 1. The first-order valence-corrected chi connectivity index (χ1v) is 7.17. The predicted molar refractivity (Wildman–Crippen MR) is 64.9 cm³/mol. The van der Waals surface area contributed by atoms with Crippen LogP contribution in [0.3, 0.4) is 0 Å². The Morgan fingerprint density at radius 2 is 2.12 bits per heavy atom. The van der Waals surface area contributed by atoms with Crippen molar-refractivity contribution >= 4 is 33.7 Å². The van der Waals surface area contributed by atoms with Crippen LogP contribution < -0.4 is 0 Å². The fourth-order valence-corrected chi connectivity index (χ4v) is 4.15. The van der Waals surface area contributed by atoms with Gasteiger partial charge in [0.1, 0.15) is 21.2 Å². The highest BCUT2D eigenvalue weighted by molar-refractivity contribution is 7.87. The topological polar surface area (TPSA) is 64.7 Å². The van der Waals surface area contributed by atoms with Crippen LogP contribution >= 0.6 is 22.9 Å². The first-order chi connectivity index (χ1) is 7.65. The molecule has 1 unspecified atom stereocenters. The van der Waals surface area contributed by atoms with E-state index in [2.05, 4.69) is 0 Å². The van der Waals surface area contributed by atoms with E-state index >= 15 is 0 Å².